The molecule has 0 spiro atoms. The van der Waals surface area contributed by atoms with E-state index in [2.05, 4.69) is 23.5 Å². The van der Waals surface area contributed by atoms with Crippen LogP contribution in [0.2, 0.25) is 0 Å². The second-order valence-corrected chi connectivity index (χ2v) is 5.55. The SMILES string of the molecule is COc1cccc2ccc(CNCC3CCCOC3)nc12. The predicted molar refractivity (Wildman–Crippen MR) is 83.5 cm³/mol. The van der Waals surface area contributed by atoms with Gasteiger partial charge in [-0.05, 0) is 30.9 Å². The molecular weight excluding hydrogens is 264 g/mol. The molecule has 112 valence electrons. The molecule has 0 saturated carbocycles. The van der Waals surface area contributed by atoms with Gasteiger partial charge in [0.1, 0.15) is 11.3 Å². The lowest BCUT2D eigenvalue weighted by molar-refractivity contribution is 0.0547. The fraction of sp³-hybridized carbons (Fsp3) is 0.471. The zero-order valence-electron chi connectivity index (χ0n) is 12.5. The first kappa shape index (κ1) is 14.3. The van der Waals surface area contributed by atoms with Crippen molar-refractivity contribution < 1.29 is 9.47 Å². The molecule has 1 fully saturated rings. The van der Waals surface area contributed by atoms with Crippen LogP contribution < -0.4 is 10.1 Å². The molecule has 0 radical (unpaired) electrons. The fourth-order valence-corrected chi connectivity index (χ4v) is 2.80. The Morgan fingerprint density at radius 2 is 2.29 bits per heavy atom. The van der Waals surface area contributed by atoms with Gasteiger partial charge in [-0.1, -0.05) is 18.2 Å². The van der Waals surface area contributed by atoms with E-state index in [-0.39, 0.29) is 0 Å². The maximum Gasteiger partial charge on any atom is 0.145 e. The molecule has 1 saturated heterocycles. The zero-order valence-corrected chi connectivity index (χ0v) is 12.5. The van der Waals surface area contributed by atoms with Gasteiger partial charge >= 0.3 is 0 Å². The molecule has 0 aliphatic carbocycles. The van der Waals surface area contributed by atoms with Crippen LogP contribution in [0.5, 0.6) is 5.75 Å². The molecule has 1 aliphatic heterocycles. The van der Waals surface area contributed by atoms with Gasteiger partial charge in [0.25, 0.3) is 0 Å². The Bertz CT molecular complexity index is 594. The number of hydrogen-bond donors (Lipinski definition) is 1. The second kappa shape index (κ2) is 6.87. The predicted octanol–water partition coefficient (Wildman–Crippen LogP) is 2.76. The Morgan fingerprint density at radius 1 is 1.33 bits per heavy atom. The Hall–Kier alpha value is -1.65. The minimum absolute atomic E-state index is 0.633. The summed E-state index contributed by atoms with van der Waals surface area (Å²) in [4.78, 5) is 4.71. The van der Waals surface area contributed by atoms with Crippen LogP contribution in [0.25, 0.3) is 10.9 Å². The van der Waals surface area contributed by atoms with Crippen molar-refractivity contribution in [2.75, 3.05) is 26.9 Å². The van der Waals surface area contributed by atoms with E-state index in [0.717, 1.165) is 48.6 Å². The molecule has 0 amide bonds. The van der Waals surface area contributed by atoms with Gasteiger partial charge < -0.3 is 14.8 Å². The third-order valence-electron chi connectivity index (χ3n) is 3.95. The maximum absolute atomic E-state index is 5.50. The number of para-hydroxylation sites is 1. The highest BCUT2D eigenvalue weighted by atomic mass is 16.5. The molecule has 3 rings (SSSR count). The average Bonchev–Trinajstić information content (AvgIpc) is 2.55. The fourth-order valence-electron chi connectivity index (χ4n) is 2.80. The molecule has 1 unspecified atom stereocenters. The van der Waals surface area contributed by atoms with Gasteiger partial charge in [0.15, 0.2) is 0 Å². The number of nitrogens with zero attached hydrogens (tertiary/aromatic N) is 1. The summed E-state index contributed by atoms with van der Waals surface area (Å²) < 4.78 is 10.9. The number of pyridine rings is 1. The number of fused-ring (bicyclic) bond motifs is 1. The zero-order chi connectivity index (χ0) is 14.5. The van der Waals surface area contributed by atoms with E-state index in [0.29, 0.717) is 5.92 Å². The molecular formula is C17H22N2O2. The monoisotopic (exact) mass is 286 g/mol. The number of benzene rings is 1. The first-order chi connectivity index (χ1) is 10.4. The Morgan fingerprint density at radius 3 is 3.10 bits per heavy atom. The average molecular weight is 286 g/mol. The number of nitrogens with one attached hydrogen (secondary N) is 1. The van der Waals surface area contributed by atoms with Crippen LogP contribution in [0, 0.1) is 5.92 Å². The molecule has 1 atom stereocenters. The number of aromatic nitrogens is 1. The van der Waals surface area contributed by atoms with Gasteiger partial charge in [0.2, 0.25) is 0 Å². The lowest BCUT2D eigenvalue weighted by Gasteiger charge is -2.22. The summed E-state index contributed by atoms with van der Waals surface area (Å²) in [7, 11) is 1.68. The van der Waals surface area contributed by atoms with Crippen molar-refractivity contribution in [2.24, 2.45) is 5.92 Å². The highest BCUT2D eigenvalue weighted by Crippen LogP contribution is 2.23. The smallest absolute Gasteiger partial charge is 0.145 e. The summed E-state index contributed by atoms with van der Waals surface area (Å²) in [6.07, 6.45) is 2.43. The van der Waals surface area contributed by atoms with Crippen LogP contribution in [0.4, 0.5) is 0 Å². The minimum atomic E-state index is 0.633. The number of rotatable bonds is 5. The van der Waals surface area contributed by atoms with Crippen LogP contribution in [0.15, 0.2) is 30.3 Å². The van der Waals surface area contributed by atoms with Crippen molar-refractivity contribution in [3.05, 3.63) is 36.0 Å². The summed E-state index contributed by atoms with van der Waals surface area (Å²) in [5.74, 6) is 1.46. The van der Waals surface area contributed by atoms with Crippen LogP contribution in [-0.4, -0.2) is 31.9 Å². The van der Waals surface area contributed by atoms with Crippen LogP contribution in [-0.2, 0) is 11.3 Å². The van der Waals surface area contributed by atoms with E-state index in [1.165, 1.54) is 12.8 Å². The molecule has 2 aromatic rings. The van der Waals surface area contributed by atoms with Crippen molar-refractivity contribution in [2.45, 2.75) is 19.4 Å². The first-order valence-corrected chi connectivity index (χ1v) is 7.58. The molecule has 1 aromatic heterocycles. The minimum Gasteiger partial charge on any atom is -0.494 e. The van der Waals surface area contributed by atoms with E-state index in [9.17, 15) is 0 Å². The normalized spacial score (nSPS) is 18.8. The first-order valence-electron chi connectivity index (χ1n) is 7.58. The summed E-state index contributed by atoms with van der Waals surface area (Å²) in [6.45, 7) is 3.57. The van der Waals surface area contributed by atoms with Gasteiger partial charge in [-0.3, -0.25) is 0 Å². The van der Waals surface area contributed by atoms with Crippen molar-refractivity contribution in [3.63, 3.8) is 0 Å². The molecule has 21 heavy (non-hydrogen) atoms. The standard InChI is InChI=1S/C17H22N2O2/c1-20-16-6-2-5-14-7-8-15(19-17(14)16)11-18-10-13-4-3-9-21-12-13/h2,5-8,13,18H,3-4,9-12H2,1H3. The van der Waals surface area contributed by atoms with Crippen LogP contribution >= 0.6 is 0 Å². The molecule has 1 aliphatic rings. The maximum atomic E-state index is 5.50. The second-order valence-electron chi connectivity index (χ2n) is 5.55. The van der Waals surface area contributed by atoms with Crippen LogP contribution in [0.1, 0.15) is 18.5 Å². The summed E-state index contributed by atoms with van der Waals surface area (Å²) in [5, 5.41) is 4.60. The topological polar surface area (TPSA) is 43.4 Å². The lowest BCUT2D eigenvalue weighted by atomic mass is 10.0. The molecule has 4 heteroatoms. The van der Waals surface area contributed by atoms with Gasteiger partial charge in [-0.25, -0.2) is 4.98 Å². The highest BCUT2D eigenvalue weighted by molar-refractivity contribution is 5.84. The van der Waals surface area contributed by atoms with Crippen molar-refractivity contribution in [1.29, 1.82) is 0 Å². The number of ether oxygens (including phenoxy) is 2. The summed E-state index contributed by atoms with van der Waals surface area (Å²) >= 11 is 0. The summed E-state index contributed by atoms with van der Waals surface area (Å²) in [6, 6.07) is 10.2. The van der Waals surface area contributed by atoms with Gasteiger partial charge in [-0.15, -0.1) is 0 Å². The highest BCUT2D eigenvalue weighted by Gasteiger charge is 2.13. The van der Waals surface area contributed by atoms with Gasteiger partial charge in [-0.2, -0.15) is 0 Å². The van der Waals surface area contributed by atoms with Gasteiger partial charge in [0.05, 0.1) is 19.4 Å². The van der Waals surface area contributed by atoms with Gasteiger partial charge in [0, 0.05) is 25.1 Å². The van der Waals surface area contributed by atoms with Crippen molar-refractivity contribution >= 4 is 10.9 Å². The number of methoxy groups -OCH3 is 1. The molecule has 4 nitrogen and oxygen atoms in total. The third-order valence-corrected chi connectivity index (χ3v) is 3.95. The Balaban J connectivity index is 1.64. The van der Waals surface area contributed by atoms with Crippen LogP contribution in [0.3, 0.4) is 0 Å². The molecule has 2 heterocycles. The number of hydrogen-bond acceptors (Lipinski definition) is 4. The summed E-state index contributed by atoms with van der Waals surface area (Å²) in [5.41, 5.74) is 1.98. The quantitative estimate of drug-likeness (QED) is 0.918. The van der Waals surface area contributed by atoms with E-state index in [1.54, 1.807) is 7.11 Å². The third kappa shape index (κ3) is 3.52. The van der Waals surface area contributed by atoms with E-state index in [1.807, 2.05) is 12.1 Å². The molecule has 0 bridgehead atoms. The molecule has 1 N–H and O–H groups in total. The van der Waals surface area contributed by atoms with E-state index >= 15 is 0 Å². The Labute approximate surface area is 125 Å². The van der Waals surface area contributed by atoms with E-state index in [4.69, 9.17) is 14.5 Å². The van der Waals surface area contributed by atoms with Crippen molar-refractivity contribution in [3.8, 4) is 5.75 Å². The Kier molecular flexibility index (Phi) is 4.68. The van der Waals surface area contributed by atoms with Crippen molar-refractivity contribution in [1.82, 2.24) is 10.3 Å². The lowest BCUT2D eigenvalue weighted by Crippen LogP contribution is -2.29. The molecule has 1 aromatic carbocycles. The van der Waals surface area contributed by atoms with E-state index < -0.39 is 0 Å². The largest absolute Gasteiger partial charge is 0.494 e.